The normalized spacial score (nSPS) is 11.5. The fourth-order valence-electron chi connectivity index (χ4n) is 4.43. The highest BCUT2D eigenvalue weighted by molar-refractivity contribution is 5.81. The standard InChI is InChI=1S/C32H47N3O7/c1-6-9-10-13-20-27-29(37)34(31(39)35(33-27)23-16-21-28(36)40-7-2)22-14-11-12-17-25-18-15-19-26(24-25)42-32(4,5)30(38)41-8-3/h15-16,18-19,21,24H,6-14,17,20,22-23H2,1-5H3. The van der Waals surface area contributed by atoms with Gasteiger partial charge in [0.15, 0.2) is 5.60 Å². The number of nitrogens with zero attached hydrogens (tertiary/aromatic N) is 3. The number of esters is 2. The average molecular weight is 586 g/mol. The van der Waals surface area contributed by atoms with E-state index in [2.05, 4.69) is 12.0 Å². The number of benzene rings is 1. The van der Waals surface area contributed by atoms with Crippen molar-refractivity contribution in [3.05, 3.63) is 68.5 Å². The number of hydrogen-bond acceptors (Lipinski definition) is 8. The molecule has 0 unspecified atom stereocenters. The van der Waals surface area contributed by atoms with Gasteiger partial charge in [-0.25, -0.2) is 19.1 Å². The van der Waals surface area contributed by atoms with Crippen LogP contribution in [0.15, 0.2) is 46.0 Å². The Labute approximate surface area is 248 Å². The highest BCUT2D eigenvalue weighted by Crippen LogP contribution is 2.22. The van der Waals surface area contributed by atoms with Crippen LogP contribution in [-0.2, 0) is 45.0 Å². The molecule has 0 atom stereocenters. The summed E-state index contributed by atoms with van der Waals surface area (Å²) in [5, 5.41) is 4.34. The molecule has 0 saturated heterocycles. The highest BCUT2D eigenvalue weighted by atomic mass is 16.6. The number of ether oxygens (including phenoxy) is 3. The summed E-state index contributed by atoms with van der Waals surface area (Å²) >= 11 is 0. The molecule has 0 aliphatic carbocycles. The first kappa shape index (κ1) is 34.5. The van der Waals surface area contributed by atoms with Crippen LogP contribution in [0.1, 0.15) is 90.8 Å². The molecule has 0 aliphatic rings. The molecule has 0 bridgehead atoms. The molecule has 0 aliphatic heterocycles. The first-order valence-corrected chi connectivity index (χ1v) is 15.1. The second kappa shape index (κ2) is 18.0. The minimum Gasteiger partial charge on any atom is -0.476 e. The zero-order chi connectivity index (χ0) is 31.0. The van der Waals surface area contributed by atoms with Gasteiger partial charge in [0.1, 0.15) is 11.4 Å². The zero-order valence-corrected chi connectivity index (χ0v) is 25.9. The molecule has 0 radical (unpaired) electrons. The molecular formula is C32H47N3O7. The van der Waals surface area contributed by atoms with Crippen LogP contribution in [0.3, 0.4) is 0 Å². The Morgan fingerprint density at radius 1 is 0.929 bits per heavy atom. The Hall–Kier alpha value is -3.69. The van der Waals surface area contributed by atoms with Crippen molar-refractivity contribution in [3.8, 4) is 5.75 Å². The van der Waals surface area contributed by atoms with Crippen molar-refractivity contribution in [2.75, 3.05) is 13.2 Å². The predicted molar refractivity (Wildman–Crippen MR) is 162 cm³/mol. The molecule has 2 rings (SSSR count). The first-order chi connectivity index (χ1) is 20.1. The van der Waals surface area contributed by atoms with Crippen molar-refractivity contribution >= 4 is 11.9 Å². The molecule has 10 nitrogen and oxygen atoms in total. The first-order valence-electron chi connectivity index (χ1n) is 15.1. The van der Waals surface area contributed by atoms with Gasteiger partial charge < -0.3 is 14.2 Å². The summed E-state index contributed by atoms with van der Waals surface area (Å²) in [6, 6.07) is 7.63. The molecule has 0 amide bonds. The Morgan fingerprint density at radius 2 is 1.64 bits per heavy atom. The smallest absolute Gasteiger partial charge is 0.349 e. The fraction of sp³-hybridized carbons (Fsp3) is 0.594. The Kier molecular flexibility index (Phi) is 14.8. The van der Waals surface area contributed by atoms with Crippen LogP contribution in [0.2, 0.25) is 0 Å². The molecule has 1 aromatic heterocycles. The second-order valence-corrected chi connectivity index (χ2v) is 10.6. The van der Waals surface area contributed by atoms with Crippen molar-refractivity contribution < 1.29 is 23.8 Å². The van der Waals surface area contributed by atoms with Crippen molar-refractivity contribution in [1.82, 2.24) is 14.3 Å². The van der Waals surface area contributed by atoms with Gasteiger partial charge in [-0.1, -0.05) is 50.8 Å². The van der Waals surface area contributed by atoms with Gasteiger partial charge >= 0.3 is 17.6 Å². The monoisotopic (exact) mass is 585 g/mol. The third-order valence-corrected chi connectivity index (χ3v) is 6.66. The number of carbonyl (C=O) groups is 2. The van der Waals surface area contributed by atoms with E-state index in [1.165, 1.54) is 21.4 Å². The second-order valence-electron chi connectivity index (χ2n) is 10.6. The largest absolute Gasteiger partial charge is 0.476 e. The van der Waals surface area contributed by atoms with E-state index in [0.717, 1.165) is 50.5 Å². The summed E-state index contributed by atoms with van der Waals surface area (Å²) in [4.78, 5) is 50.1. The van der Waals surface area contributed by atoms with Crippen LogP contribution < -0.4 is 16.0 Å². The third-order valence-electron chi connectivity index (χ3n) is 6.66. The molecule has 0 spiro atoms. The molecule has 0 saturated carbocycles. The van der Waals surface area contributed by atoms with Gasteiger partial charge in [-0.3, -0.25) is 9.36 Å². The highest BCUT2D eigenvalue weighted by Gasteiger charge is 2.31. The average Bonchev–Trinajstić information content (AvgIpc) is 2.94. The van der Waals surface area contributed by atoms with E-state index in [0.29, 0.717) is 30.8 Å². The van der Waals surface area contributed by atoms with E-state index in [1.54, 1.807) is 27.7 Å². The van der Waals surface area contributed by atoms with E-state index in [-0.39, 0.29) is 25.3 Å². The predicted octanol–water partition coefficient (Wildman–Crippen LogP) is 4.78. The summed E-state index contributed by atoms with van der Waals surface area (Å²) in [7, 11) is 0. The molecule has 1 aromatic carbocycles. The van der Waals surface area contributed by atoms with Gasteiger partial charge in [0, 0.05) is 12.6 Å². The molecule has 0 N–H and O–H groups in total. The summed E-state index contributed by atoms with van der Waals surface area (Å²) in [5.74, 6) is -0.309. The van der Waals surface area contributed by atoms with E-state index >= 15 is 0 Å². The van der Waals surface area contributed by atoms with Crippen molar-refractivity contribution in [3.63, 3.8) is 0 Å². The lowest BCUT2D eigenvalue weighted by molar-refractivity contribution is -0.158. The minimum atomic E-state index is -1.09. The lowest BCUT2D eigenvalue weighted by atomic mass is 10.1. The zero-order valence-electron chi connectivity index (χ0n) is 25.9. The molecule has 42 heavy (non-hydrogen) atoms. The SMILES string of the molecule is CCCCCCc1nn(CC=CC(=O)OCC)c(=O)n(CCCCCc2cccc(OC(C)(C)C(=O)OCC)c2)c1=O. The van der Waals surface area contributed by atoms with E-state index in [4.69, 9.17) is 14.2 Å². The molecule has 10 heteroatoms. The van der Waals surface area contributed by atoms with Crippen LogP contribution in [0.5, 0.6) is 5.75 Å². The quantitative estimate of drug-likeness (QED) is 0.131. The number of unbranched alkanes of at least 4 members (excludes halogenated alkanes) is 5. The van der Waals surface area contributed by atoms with Crippen molar-refractivity contribution in [2.24, 2.45) is 0 Å². The lowest BCUT2D eigenvalue weighted by Gasteiger charge is -2.24. The molecule has 0 fully saturated rings. The maximum Gasteiger partial charge on any atom is 0.349 e. The molecule has 1 heterocycles. The molecule has 2 aromatic rings. The van der Waals surface area contributed by atoms with E-state index < -0.39 is 23.2 Å². The van der Waals surface area contributed by atoms with Crippen LogP contribution in [0, 0.1) is 0 Å². The van der Waals surface area contributed by atoms with E-state index in [1.807, 2.05) is 24.3 Å². The Bertz CT molecular complexity index is 1290. The van der Waals surface area contributed by atoms with Gasteiger partial charge in [0.05, 0.1) is 19.8 Å². The number of carbonyl (C=O) groups excluding carboxylic acids is 2. The maximum atomic E-state index is 13.1. The number of hydrogen-bond donors (Lipinski definition) is 0. The number of rotatable bonds is 19. The summed E-state index contributed by atoms with van der Waals surface area (Å²) in [6.07, 6.45) is 10.4. The molecular weight excluding hydrogens is 538 g/mol. The summed E-state index contributed by atoms with van der Waals surface area (Å²) in [5.41, 5.74) is -0.477. The van der Waals surface area contributed by atoms with E-state index in [9.17, 15) is 19.2 Å². The van der Waals surface area contributed by atoms with Gasteiger partial charge in [0.25, 0.3) is 5.56 Å². The number of aryl methyl sites for hydroxylation is 2. The van der Waals surface area contributed by atoms with Crippen LogP contribution in [0.4, 0.5) is 0 Å². The number of allylic oxidation sites excluding steroid dienone is 1. The van der Waals surface area contributed by atoms with Gasteiger partial charge in [-0.15, -0.1) is 0 Å². The molecule has 232 valence electrons. The van der Waals surface area contributed by atoms with Gasteiger partial charge in [-0.2, -0.15) is 5.10 Å². The lowest BCUT2D eigenvalue weighted by Crippen LogP contribution is -2.43. The Balaban J connectivity index is 2.04. The van der Waals surface area contributed by atoms with Crippen LogP contribution in [-0.4, -0.2) is 45.1 Å². The summed E-state index contributed by atoms with van der Waals surface area (Å²) in [6.45, 7) is 9.89. The fourth-order valence-corrected chi connectivity index (χ4v) is 4.43. The minimum absolute atomic E-state index is 0.0747. The topological polar surface area (TPSA) is 119 Å². The number of aromatic nitrogens is 3. The van der Waals surface area contributed by atoms with Gasteiger partial charge in [0.2, 0.25) is 0 Å². The maximum absolute atomic E-state index is 13.1. The summed E-state index contributed by atoms with van der Waals surface area (Å²) < 4.78 is 18.4. The van der Waals surface area contributed by atoms with Crippen molar-refractivity contribution in [1.29, 1.82) is 0 Å². The van der Waals surface area contributed by atoms with Crippen molar-refractivity contribution in [2.45, 2.75) is 111 Å². The van der Waals surface area contributed by atoms with Crippen LogP contribution in [0.25, 0.3) is 0 Å². The van der Waals surface area contributed by atoms with Crippen LogP contribution >= 0.6 is 0 Å². The Morgan fingerprint density at radius 3 is 2.36 bits per heavy atom. The third kappa shape index (κ3) is 11.3. The van der Waals surface area contributed by atoms with Gasteiger partial charge in [-0.05, 0) is 77.5 Å².